The number of hydrogen-bond donors (Lipinski definition) is 2. The molecule has 0 radical (unpaired) electrons. The van der Waals surface area contributed by atoms with E-state index >= 15 is 0 Å². The molecule has 4 rings (SSSR count). The lowest BCUT2D eigenvalue weighted by atomic mass is 10.3. The van der Waals surface area contributed by atoms with Gasteiger partial charge in [0.25, 0.3) is 0 Å². The fourth-order valence-electron chi connectivity index (χ4n) is 3.10. The Bertz CT molecular complexity index is 762. The lowest BCUT2D eigenvalue weighted by molar-refractivity contribution is 0.920. The van der Waals surface area contributed by atoms with Crippen molar-refractivity contribution in [2.24, 2.45) is 8.94 Å². The first-order valence-corrected chi connectivity index (χ1v) is 10.9. The normalized spacial score (nSPS) is 27.6. The smallest absolute Gasteiger partial charge is 0.0892 e. The molecule has 0 aromatic heterocycles. The average molecular weight is 359 g/mol. The quantitative estimate of drug-likeness (QED) is 0.763. The Balaban J connectivity index is 1.76. The third kappa shape index (κ3) is 2.67. The largest absolute Gasteiger partial charge is 0.371 e. The van der Waals surface area contributed by atoms with E-state index < -0.39 is 0 Å². The van der Waals surface area contributed by atoms with Gasteiger partial charge >= 0.3 is 0 Å². The lowest BCUT2D eigenvalue weighted by Gasteiger charge is -2.11. The van der Waals surface area contributed by atoms with E-state index in [0.717, 1.165) is 12.8 Å². The van der Waals surface area contributed by atoms with Crippen LogP contribution in [0.1, 0.15) is 26.7 Å². The fourth-order valence-corrected chi connectivity index (χ4v) is 6.94. The molecule has 4 unspecified atom stereocenters. The van der Waals surface area contributed by atoms with E-state index in [9.17, 15) is 0 Å². The van der Waals surface area contributed by atoms with Crippen LogP contribution in [-0.2, 0) is 21.4 Å². The molecule has 4 nitrogen and oxygen atoms in total. The first-order valence-electron chi connectivity index (χ1n) is 8.41. The van der Waals surface area contributed by atoms with E-state index in [1.54, 1.807) is 0 Å². The predicted molar refractivity (Wildman–Crippen MR) is 104 cm³/mol. The number of nitrogens with one attached hydrogen (secondary N) is 2. The maximum atomic E-state index is 4.86. The minimum atomic E-state index is -0.203. The van der Waals surface area contributed by atoms with Gasteiger partial charge in [-0.2, -0.15) is 0 Å². The minimum Gasteiger partial charge on any atom is -0.371 e. The van der Waals surface area contributed by atoms with Crippen LogP contribution in [0.5, 0.6) is 0 Å². The molecule has 4 atom stereocenters. The topological polar surface area (TPSA) is 48.8 Å². The van der Waals surface area contributed by atoms with E-state index in [2.05, 4.69) is 73.0 Å². The zero-order valence-electron chi connectivity index (χ0n) is 13.9. The first kappa shape index (κ1) is 15.8. The van der Waals surface area contributed by atoms with Crippen molar-refractivity contribution in [2.75, 3.05) is 10.6 Å². The summed E-state index contributed by atoms with van der Waals surface area (Å²) in [6, 6.07) is 17.0. The Morgan fingerprint density at radius 2 is 1.17 bits per heavy atom. The van der Waals surface area contributed by atoms with E-state index in [-0.39, 0.29) is 21.4 Å². The molecule has 2 aliphatic rings. The number of hydrogen-bond acceptors (Lipinski definition) is 2. The van der Waals surface area contributed by atoms with E-state index in [4.69, 9.17) is 8.94 Å². The first-order chi connectivity index (χ1) is 11.8. The van der Waals surface area contributed by atoms with Gasteiger partial charge in [-0.15, -0.1) is 8.94 Å². The van der Waals surface area contributed by atoms with Crippen LogP contribution < -0.4 is 10.6 Å². The molecule has 0 amide bonds. The van der Waals surface area contributed by atoms with Crippen LogP contribution in [0, 0.1) is 0 Å². The van der Waals surface area contributed by atoms with E-state index in [1.165, 1.54) is 21.2 Å². The van der Waals surface area contributed by atoms with Crippen molar-refractivity contribution < 1.29 is 0 Å². The Labute approximate surface area is 148 Å². The molecule has 6 heteroatoms. The van der Waals surface area contributed by atoms with Gasteiger partial charge in [0.05, 0.1) is 10.7 Å². The predicted octanol–water partition coefficient (Wildman–Crippen LogP) is 4.95. The molecule has 2 aromatic carbocycles. The fraction of sp³-hybridized carbons (Fsp3) is 0.333. The van der Waals surface area contributed by atoms with Gasteiger partial charge in [0.15, 0.2) is 0 Å². The second kappa shape index (κ2) is 6.69. The Hall–Kier alpha value is -1.66. The summed E-state index contributed by atoms with van der Waals surface area (Å²) < 4.78 is 9.72. The van der Waals surface area contributed by atoms with Gasteiger partial charge in [-0.05, 0) is 58.5 Å². The summed E-state index contributed by atoms with van der Waals surface area (Å²) in [5, 5.41) is 7.92. The van der Waals surface area contributed by atoms with Crippen LogP contribution in [-0.4, -0.2) is 10.7 Å². The van der Waals surface area contributed by atoms with Crippen molar-refractivity contribution in [3.8, 4) is 0 Å². The standard InChI is InChI=1S/C18H22N4S2/c1-3-17-19-13-9-5-7-11-15(13)23(17)21-22-24-16-12-8-6-10-14(16)20-18(24)4-2/h5-12,17-20H,3-4H2,1-2H3. The molecule has 126 valence electrons. The second-order valence-electron chi connectivity index (χ2n) is 5.87. The monoisotopic (exact) mass is 358 g/mol. The Morgan fingerprint density at radius 1 is 0.750 bits per heavy atom. The van der Waals surface area contributed by atoms with Gasteiger partial charge in [0.2, 0.25) is 0 Å². The van der Waals surface area contributed by atoms with Crippen molar-refractivity contribution >= 4 is 32.8 Å². The molecule has 2 heterocycles. The van der Waals surface area contributed by atoms with Gasteiger partial charge in [-0.25, -0.2) is 0 Å². The summed E-state index contributed by atoms with van der Waals surface area (Å²) in [6.07, 6.45) is 2.10. The number of fused-ring (bicyclic) bond motifs is 2. The van der Waals surface area contributed by atoms with Crippen LogP contribution in [0.4, 0.5) is 11.4 Å². The summed E-state index contributed by atoms with van der Waals surface area (Å²) >= 11 is 0. The van der Waals surface area contributed by atoms with Crippen molar-refractivity contribution in [1.29, 1.82) is 0 Å². The van der Waals surface area contributed by atoms with Gasteiger partial charge in [0, 0.05) is 21.2 Å². The molecule has 2 aromatic rings. The molecule has 0 saturated heterocycles. The maximum absolute atomic E-state index is 4.86. The summed E-state index contributed by atoms with van der Waals surface area (Å²) in [7, 11) is -0.407. The number of anilines is 2. The van der Waals surface area contributed by atoms with Gasteiger partial charge < -0.3 is 10.6 Å². The average Bonchev–Trinajstić information content (AvgIpc) is 3.17. The molecular weight excluding hydrogens is 336 g/mol. The molecular formula is C18H22N4S2. The highest BCUT2D eigenvalue weighted by Gasteiger charge is 2.27. The highest BCUT2D eigenvalue weighted by Crippen LogP contribution is 2.35. The second-order valence-corrected chi connectivity index (χ2v) is 9.47. The zero-order valence-corrected chi connectivity index (χ0v) is 15.5. The number of rotatable bonds is 3. The minimum absolute atomic E-state index is 0.203. The third-order valence-electron chi connectivity index (χ3n) is 4.35. The summed E-state index contributed by atoms with van der Waals surface area (Å²) in [6.45, 7) is 4.42. The molecule has 2 N–H and O–H groups in total. The summed E-state index contributed by atoms with van der Waals surface area (Å²) in [4.78, 5) is 2.59. The molecule has 0 saturated carbocycles. The molecule has 0 bridgehead atoms. The zero-order chi connectivity index (χ0) is 16.5. The van der Waals surface area contributed by atoms with Gasteiger partial charge in [-0.3, -0.25) is 0 Å². The lowest BCUT2D eigenvalue weighted by Crippen LogP contribution is -2.17. The molecule has 0 fully saturated rings. The molecule has 0 aliphatic carbocycles. The van der Waals surface area contributed by atoms with Gasteiger partial charge in [0.1, 0.15) is 0 Å². The Morgan fingerprint density at radius 3 is 1.58 bits per heavy atom. The highest BCUT2D eigenvalue weighted by atomic mass is 32.2. The molecule has 24 heavy (non-hydrogen) atoms. The molecule has 0 spiro atoms. The number of para-hydroxylation sites is 2. The van der Waals surface area contributed by atoms with Crippen LogP contribution in [0.25, 0.3) is 0 Å². The van der Waals surface area contributed by atoms with Crippen molar-refractivity contribution in [2.45, 2.75) is 47.2 Å². The van der Waals surface area contributed by atoms with E-state index in [0.29, 0.717) is 10.7 Å². The van der Waals surface area contributed by atoms with Gasteiger partial charge in [-0.1, -0.05) is 38.1 Å². The van der Waals surface area contributed by atoms with Crippen molar-refractivity contribution in [3.05, 3.63) is 48.5 Å². The van der Waals surface area contributed by atoms with Crippen molar-refractivity contribution in [3.63, 3.8) is 0 Å². The summed E-state index contributed by atoms with van der Waals surface area (Å²) in [5.41, 5.74) is 2.43. The van der Waals surface area contributed by atoms with Crippen molar-refractivity contribution in [1.82, 2.24) is 0 Å². The Kier molecular flexibility index (Phi) is 4.41. The van der Waals surface area contributed by atoms with Crippen LogP contribution in [0.3, 0.4) is 0 Å². The van der Waals surface area contributed by atoms with Crippen LogP contribution in [0.15, 0.2) is 67.3 Å². The van der Waals surface area contributed by atoms with Crippen LogP contribution in [0.2, 0.25) is 0 Å². The molecule has 2 aliphatic heterocycles. The van der Waals surface area contributed by atoms with E-state index in [1.807, 2.05) is 0 Å². The SMILES string of the molecule is CCC1Nc2ccccc2S1=NN=S1c2ccccc2NC1CC. The number of nitrogens with zero attached hydrogens (tertiary/aromatic N) is 2. The van der Waals surface area contributed by atoms with Crippen LogP contribution >= 0.6 is 0 Å². The highest BCUT2D eigenvalue weighted by molar-refractivity contribution is 7.90. The third-order valence-corrected chi connectivity index (χ3v) is 8.56. The summed E-state index contributed by atoms with van der Waals surface area (Å²) in [5.74, 6) is 0. The number of benzene rings is 2. The maximum Gasteiger partial charge on any atom is 0.0892 e.